The number of carbonyl (C=O) groups is 2. The van der Waals surface area contributed by atoms with Crippen LogP contribution in [0.25, 0.3) is 11.1 Å². The molecule has 0 bridgehead atoms. The smallest absolute Gasteiger partial charge is 0.282 e. The minimum atomic E-state index is -0.841. The minimum Gasteiger partial charge on any atom is -0.496 e. The number of nitrogens with zero attached hydrogens (tertiary/aromatic N) is 2. The SMILES string of the molecule is COc1cc(NC(=O)c2ccccc2[N+](=O)[O-])ccc1-c1ccc2c(c1COc1cc(F)ccc1C)N(C)C(=O)C(C)(C)N2. The third-order valence-corrected chi connectivity index (χ3v) is 7.52. The fourth-order valence-corrected chi connectivity index (χ4v) is 5.32. The van der Waals surface area contributed by atoms with E-state index in [9.17, 15) is 24.1 Å². The molecule has 5 rings (SSSR count). The van der Waals surface area contributed by atoms with Crippen LogP contribution < -0.4 is 25.0 Å². The molecule has 4 aromatic carbocycles. The van der Waals surface area contributed by atoms with Gasteiger partial charge in [0.1, 0.15) is 35.0 Å². The van der Waals surface area contributed by atoms with Gasteiger partial charge in [-0.25, -0.2) is 4.39 Å². The molecule has 0 fully saturated rings. The first-order valence-corrected chi connectivity index (χ1v) is 13.8. The molecule has 1 heterocycles. The van der Waals surface area contributed by atoms with Crippen molar-refractivity contribution in [3.05, 3.63) is 105 Å². The van der Waals surface area contributed by atoms with Gasteiger partial charge in [0.15, 0.2) is 0 Å². The number of likely N-dealkylation sites (N-methyl/N-ethyl adjacent to an activating group) is 1. The van der Waals surface area contributed by atoms with E-state index in [4.69, 9.17) is 9.47 Å². The van der Waals surface area contributed by atoms with Crippen LogP contribution in [0.4, 0.5) is 27.1 Å². The summed E-state index contributed by atoms with van der Waals surface area (Å²) in [7, 11) is 3.18. The predicted molar refractivity (Wildman–Crippen MR) is 166 cm³/mol. The molecule has 1 aliphatic heterocycles. The van der Waals surface area contributed by atoms with Crippen LogP contribution in [-0.2, 0) is 11.4 Å². The third-order valence-electron chi connectivity index (χ3n) is 7.52. The Balaban J connectivity index is 1.57. The number of rotatable bonds is 8. The van der Waals surface area contributed by atoms with Gasteiger partial charge in [0.25, 0.3) is 17.5 Å². The maximum atomic E-state index is 14.1. The zero-order valence-electron chi connectivity index (χ0n) is 24.9. The molecule has 0 atom stereocenters. The average molecular weight is 599 g/mol. The number of anilines is 3. The lowest BCUT2D eigenvalue weighted by atomic mass is 9.91. The zero-order chi connectivity index (χ0) is 31.8. The van der Waals surface area contributed by atoms with Crippen molar-refractivity contribution in [2.24, 2.45) is 0 Å². The Hall–Kier alpha value is -5.45. The number of hydrogen-bond donors (Lipinski definition) is 2. The monoisotopic (exact) mass is 598 g/mol. The number of nitrogens with one attached hydrogen (secondary N) is 2. The first kappa shape index (κ1) is 30.0. The lowest BCUT2D eigenvalue weighted by molar-refractivity contribution is -0.385. The van der Waals surface area contributed by atoms with Crippen molar-refractivity contribution in [3.63, 3.8) is 0 Å². The second-order valence-electron chi connectivity index (χ2n) is 10.9. The molecule has 0 radical (unpaired) electrons. The van der Waals surface area contributed by atoms with E-state index >= 15 is 0 Å². The quantitative estimate of drug-likeness (QED) is 0.171. The van der Waals surface area contributed by atoms with Crippen LogP contribution in [0.3, 0.4) is 0 Å². The summed E-state index contributed by atoms with van der Waals surface area (Å²) < 4.78 is 25.9. The van der Waals surface area contributed by atoms with Crippen molar-refractivity contribution in [1.29, 1.82) is 0 Å². The van der Waals surface area contributed by atoms with Crippen molar-refractivity contribution in [2.75, 3.05) is 29.7 Å². The van der Waals surface area contributed by atoms with Crippen molar-refractivity contribution in [2.45, 2.75) is 32.9 Å². The summed E-state index contributed by atoms with van der Waals surface area (Å²) in [5.41, 5.74) is 3.19. The summed E-state index contributed by atoms with van der Waals surface area (Å²) in [6, 6.07) is 18.8. The number of aryl methyl sites for hydroxylation is 1. The van der Waals surface area contributed by atoms with Crippen molar-refractivity contribution in [3.8, 4) is 22.6 Å². The van der Waals surface area contributed by atoms with E-state index in [1.807, 2.05) is 19.1 Å². The lowest BCUT2D eigenvalue weighted by Gasteiger charge is -2.39. The van der Waals surface area contributed by atoms with Crippen LogP contribution in [0.2, 0.25) is 0 Å². The summed E-state index contributed by atoms with van der Waals surface area (Å²) in [6.07, 6.45) is 0. The predicted octanol–water partition coefficient (Wildman–Crippen LogP) is 6.72. The molecular weight excluding hydrogens is 567 g/mol. The number of fused-ring (bicyclic) bond motifs is 1. The number of nitro benzene ring substituents is 1. The normalized spacial score (nSPS) is 13.5. The number of nitro groups is 1. The Morgan fingerprint density at radius 2 is 1.77 bits per heavy atom. The van der Waals surface area contributed by atoms with Gasteiger partial charge in [0, 0.05) is 42.1 Å². The number of amides is 2. The molecule has 2 amide bonds. The van der Waals surface area contributed by atoms with Crippen LogP contribution in [0.1, 0.15) is 35.3 Å². The lowest BCUT2D eigenvalue weighted by Crippen LogP contribution is -2.52. The topological polar surface area (TPSA) is 123 Å². The van der Waals surface area contributed by atoms with Gasteiger partial charge in [-0.1, -0.05) is 24.3 Å². The van der Waals surface area contributed by atoms with Crippen LogP contribution in [-0.4, -0.2) is 36.4 Å². The van der Waals surface area contributed by atoms with Gasteiger partial charge >= 0.3 is 0 Å². The van der Waals surface area contributed by atoms with E-state index in [1.54, 1.807) is 56.1 Å². The van der Waals surface area contributed by atoms with E-state index in [-0.39, 0.29) is 23.8 Å². The largest absolute Gasteiger partial charge is 0.496 e. The van der Waals surface area contributed by atoms with Gasteiger partial charge in [-0.3, -0.25) is 19.7 Å². The molecular formula is C33H31FN4O6. The van der Waals surface area contributed by atoms with Gasteiger partial charge in [-0.15, -0.1) is 0 Å². The molecule has 0 aliphatic carbocycles. The Bertz CT molecular complexity index is 1810. The molecule has 0 aromatic heterocycles. The Labute approximate surface area is 253 Å². The van der Waals surface area contributed by atoms with Crippen LogP contribution >= 0.6 is 0 Å². The average Bonchev–Trinajstić information content (AvgIpc) is 3.00. The molecule has 0 saturated carbocycles. The summed E-state index contributed by atoms with van der Waals surface area (Å²) >= 11 is 0. The second kappa shape index (κ2) is 11.7. The second-order valence-corrected chi connectivity index (χ2v) is 10.9. The number of hydrogen-bond acceptors (Lipinski definition) is 7. The molecule has 226 valence electrons. The fourth-order valence-electron chi connectivity index (χ4n) is 5.32. The van der Waals surface area contributed by atoms with Crippen LogP contribution in [0, 0.1) is 22.9 Å². The van der Waals surface area contributed by atoms with Crippen LogP contribution in [0.5, 0.6) is 11.5 Å². The summed E-state index contributed by atoms with van der Waals surface area (Å²) in [4.78, 5) is 38.7. The Morgan fingerprint density at radius 1 is 1.05 bits per heavy atom. The number of carbonyl (C=O) groups excluding carboxylic acids is 2. The van der Waals surface area contributed by atoms with Gasteiger partial charge < -0.3 is 25.0 Å². The summed E-state index contributed by atoms with van der Waals surface area (Å²) in [6.45, 7) is 5.42. The highest BCUT2D eigenvalue weighted by atomic mass is 19.1. The van der Waals surface area contributed by atoms with Gasteiger partial charge in [0.05, 0.1) is 23.4 Å². The maximum absolute atomic E-state index is 14.1. The molecule has 0 spiro atoms. The first-order valence-electron chi connectivity index (χ1n) is 13.8. The first-order chi connectivity index (χ1) is 20.9. The van der Waals surface area contributed by atoms with E-state index < -0.39 is 22.2 Å². The van der Waals surface area contributed by atoms with Crippen molar-refractivity contribution < 1.29 is 28.4 Å². The van der Waals surface area contributed by atoms with Crippen molar-refractivity contribution >= 4 is 34.6 Å². The standard InChI is InChI=1S/C33H31FN4O6/c1-19-10-11-20(34)16-28(19)44-18-25-22(14-15-26-30(25)37(4)32(40)33(2,3)36-26)23-13-12-21(17-29(23)43-5)35-31(39)24-8-6-7-9-27(24)38(41)42/h6-17,36H,18H2,1-5H3,(H,35,39). The van der Waals surface area contributed by atoms with Crippen LogP contribution in [0.15, 0.2) is 72.8 Å². The number of benzene rings is 4. The zero-order valence-corrected chi connectivity index (χ0v) is 24.9. The number of ether oxygens (including phenoxy) is 2. The molecule has 44 heavy (non-hydrogen) atoms. The van der Waals surface area contributed by atoms with E-state index in [2.05, 4.69) is 10.6 Å². The van der Waals surface area contributed by atoms with Crippen molar-refractivity contribution in [1.82, 2.24) is 0 Å². The van der Waals surface area contributed by atoms with E-state index in [0.29, 0.717) is 39.6 Å². The molecule has 4 aromatic rings. The molecule has 1 aliphatic rings. The molecule has 0 unspecified atom stereocenters. The van der Waals surface area contributed by atoms with Gasteiger partial charge in [0.2, 0.25) is 0 Å². The summed E-state index contributed by atoms with van der Waals surface area (Å²) in [5, 5.41) is 17.4. The third kappa shape index (κ3) is 5.63. The Morgan fingerprint density at radius 3 is 2.50 bits per heavy atom. The highest BCUT2D eigenvalue weighted by Crippen LogP contribution is 2.45. The Kier molecular flexibility index (Phi) is 7.97. The molecule has 10 nitrogen and oxygen atoms in total. The number of halogens is 1. The van der Waals surface area contributed by atoms with E-state index in [0.717, 1.165) is 11.3 Å². The maximum Gasteiger partial charge on any atom is 0.282 e. The highest BCUT2D eigenvalue weighted by Gasteiger charge is 2.38. The highest BCUT2D eigenvalue weighted by molar-refractivity contribution is 6.09. The minimum absolute atomic E-state index is 0.00183. The molecule has 0 saturated heterocycles. The fraction of sp³-hybridized carbons (Fsp3) is 0.212. The molecule has 11 heteroatoms. The van der Waals surface area contributed by atoms with E-state index in [1.165, 1.54) is 37.4 Å². The summed E-state index contributed by atoms with van der Waals surface area (Å²) in [5.74, 6) is -0.463. The van der Waals surface area contributed by atoms with Gasteiger partial charge in [-0.2, -0.15) is 0 Å². The van der Waals surface area contributed by atoms with Gasteiger partial charge in [-0.05, 0) is 62.2 Å². The molecule has 2 N–H and O–H groups in total. The number of para-hydroxylation sites is 1. The number of methoxy groups -OCH3 is 1.